The highest BCUT2D eigenvalue weighted by atomic mass is 19.4. The highest BCUT2D eigenvalue weighted by molar-refractivity contribution is 5.96. The fourth-order valence-corrected chi connectivity index (χ4v) is 3.93. The lowest BCUT2D eigenvalue weighted by Crippen LogP contribution is -2.24. The molecule has 4 aromatic rings. The fraction of sp³-hybridized carbons (Fsp3) is 0.200. The highest BCUT2D eigenvalue weighted by Crippen LogP contribution is 2.32. The predicted molar refractivity (Wildman–Crippen MR) is 124 cm³/mol. The summed E-state index contributed by atoms with van der Waals surface area (Å²) in [6.45, 7) is 3.41. The minimum atomic E-state index is -4.62. The molecule has 0 saturated carbocycles. The molecule has 0 amide bonds. The Morgan fingerprint density at radius 1 is 1.08 bits per heavy atom. The quantitative estimate of drug-likeness (QED) is 0.365. The predicted octanol–water partition coefficient (Wildman–Crippen LogP) is 4.58. The summed E-state index contributed by atoms with van der Waals surface area (Å²) in [5.74, 6) is -0.905. The van der Waals surface area contributed by atoms with Gasteiger partial charge in [0.05, 0.1) is 47.1 Å². The van der Waals surface area contributed by atoms with E-state index in [4.69, 9.17) is 10.00 Å². The Balaban J connectivity index is 2.02. The van der Waals surface area contributed by atoms with Crippen LogP contribution in [-0.2, 0) is 17.5 Å². The number of hydrogen-bond acceptors (Lipinski definition) is 5. The largest absolute Gasteiger partial charge is 0.462 e. The molecule has 2 aromatic heterocycles. The first-order chi connectivity index (χ1) is 17.2. The smallest absolute Gasteiger partial charge is 0.416 e. The van der Waals surface area contributed by atoms with Crippen LogP contribution in [0.1, 0.15) is 35.3 Å². The van der Waals surface area contributed by atoms with Crippen molar-refractivity contribution in [1.29, 1.82) is 5.26 Å². The Hall–Kier alpha value is -4.59. The number of nitriles is 1. The molecule has 0 atom stereocenters. The molecule has 0 spiro atoms. The second kappa shape index (κ2) is 9.58. The van der Waals surface area contributed by atoms with Crippen molar-refractivity contribution in [3.8, 4) is 28.8 Å². The maximum Gasteiger partial charge on any atom is 0.416 e. The number of esters is 1. The molecule has 2 heterocycles. The molecule has 0 aliphatic carbocycles. The Morgan fingerprint density at radius 2 is 1.81 bits per heavy atom. The first-order valence-electron chi connectivity index (χ1n) is 11.0. The highest BCUT2D eigenvalue weighted by Gasteiger charge is 2.33. The lowest BCUT2D eigenvalue weighted by atomic mass is 10.1. The first kappa shape index (κ1) is 24.5. The summed E-state index contributed by atoms with van der Waals surface area (Å²) >= 11 is 0. The van der Waals surface area contributed by atoms with Crippen LogP contribution >= 0.6 is 0 Å². The van der Waals surface area contributed by atoms with E-state index in [1.54, 1.807) is 44.2 Å². The van der Waals surface area contributed by atoms with Gasteiger partial charge in [-0.1, -0.05) is 6.07 Å². The summed E-state index contributed by atoms with van der Waals surface area (Å²) in [7, 11) is 0. The minimum Gasteiger partial charge on any atom is -0.462 e. The van der Waals surface area contributed by atoms with Crippen molar-refractivity contribution in [2.75, 3.05) is 6.61 Å². The Morgan fingerprint density at radius 3 is 2.42 bits per heavy atom. The van der Waals surface area contributed by atoms with Crippen molar-refractivity contribution in [2.24, 2.45) is 0 Å². The molecule has 11 heteroatoms. The third-order valence-corrected chi connectivity index (χ3v) is 5.47. The van der Waals surface area contributed by atoms with E-state index in [0.717, 1.165) is 16.8 Å². The summed E-state index contributed by atoms with van der Waals surface area (Å²) in [4.78, 5) is 26.5. The molecule has 0 fully saturated rings. The van der Waals surface area contributed by atoms with E-state index in [1.165, 1.54) is 27.7 Å². The van der Waals surface area contributed by atoms with Gasteiger partial charge in [-0.2, -0.15) is 23.5 Å². The number of aromatic nitrogens is 4. The zero-order valence-corrected chi connectivity index (χ0v) is 19.3. The van der Waals surface area contributed by atoms with Crippen molar-refractivity contribution in [2.45, 2.75) is 26.6 Å². The maximum absolute atomic E-state index is 13.6. The standard InChI is InChI=1S/C25H20F3N5O3/c1-3-31-22(20-12-13-30-32(20)18-10-8-16(15-29)9-11-18)21(24(35)36-4-2)23(34)33(31)19-7-5-6-17(14-19)25(26,27)28/h5-14H,3-4H2,1-2H3. The van der Waals surface area contributed by atoms with Crippen LogP contribution in [0, 0.1) is 11.3 Å². The summed E-state index contributed by atoms with van der Waals surface area (Å²) in [5, 5.41) is 13.4. The van der Waals surface area contributed by atoms with Crippen LogP contribution in [-0.4, -0.2) is 31.7 Å². The summed E-state index contributed by atoms with van der Waals surface area (Å²) in [6.07, 6.45) is -3.15. The molecule has 0 radical (unpaired) electrons. The molecule has 0 bridgehead atoms. The number of benzene rings is 2. The van der Waals surface area contributed by atoms with Gasteiger partial charge in [0.1, 0.15) is 5.69 Å². The van der Waals surface area contributed by atoms with Crippen molar-refractivity contribution in [1.82, 2.24) is 19.1 Å². The van der Waals surface area contributed by atoms with Gasteiger partial charge in [-0.3, -0.25) is 9.48 Å². The van der Waals surface area contributed by atoms with Gasteiger partial charge in [0.25, 0.3) is 5.56 Å². The van der Waals surface area contributed by atoms with E-state index in [1.807, 2.05) is 6.07 Å². The molecule has 0 aliphatic rings. The zero-order chi connectivity index (χ0) is 26.0. The van der Waals surface area contributed by atoms with E-state index in [0.29, 0.717) is 16.9 Å². The Kier molecular flexibility index (Phi) is 6.53. The van der Waals surface area contributed by atoms with Gasteiger partial charge >= 0.3 is 12.1 Å². The van der Waals surface area contributed by atoms with Crippen LogP contribution in [0.25, 0.3) is 22.8 Å². The fourth-order valence-electron chi connectivity index (χ4n) is 3.93. The van der Waals surface area contributed by atoms with E-state index < -0.39 is 23.3 Å². The van der Waals surface area contributed by atoms with Crippen LogP contribution in [0.15, 0.2) is 65.6 Å². The second-order valence-corrected chi connectivity index (χ2v) is 7.61. The summed E-state index contributed by atoms with van der Waals surface area (Å²) < 4.78 is 49.3. The molecular weight excluding hydrogens is 475 g/mol. The number of ether oxygens (including phenoxy) is 1. The van der Waals surface area contributed by atoms with E-state index in [9.17, 15) is 22.8 Å². The molecule has 4 rings (SSSR count). The van der Waals surface area contributed by atoms with E-state index in [2.05, 4.69) is 5.10 Å². The molecule has 0 unspecified atom stereocenters. The number of rotatable bonds is 6. The molecule has 0 aliphatic heterocycles. The molecule has 184 valence electrons. The lowest BCUT2D eigenvalue weighted by molar-refractivity contribution is -0.137. The van der Waals surface area contributed by atoms with Crippen LogP contribution < -0.4 is 5.56 Å². The van der Waals surface area contributed by atoms with Crippen molar-refractivity contribution >= 4 is 5.97 Å². The van der Waals surface area contributed by atoms with Gasteiger partial charge in [-0.15, -0.1) is 0 Å². The number of nitrogens with zero attached hydrogens (tertiary/aromatic N) is 5. The minimum absolute atomic E-state index is 0.00649. The van der Waals surface area contributed by atoms with Crippen molar-refractivity contribution in [3.63, 3.8) is 0 Å². The number of carbonyl (C=O) groups excluding carboxylic acids is 1. The number of alkyl halides is 3. The van der Waals surface area contributed by atoms with Crippen LogP contribution in [0.5, 0.6) is 0 Å². The third kappa shape index (κ3) is 4.29. The zero-order valence-electron chi connectivity index (χ0n) is 19.3. The summed E-state index contributed by atoms with van der Waals surface area (Å²) in [6, 6.07) is 14.4. The topological polar surface area (TPSA) is 94.8 Å². The van der Waals surface area contributed by atoms with Crippen molar-refractivity contribution in [3.05, 3.63) is 87.8 Å². The van der Waals surface area contributed by atoms with Gasteiger partial charge in [-0.05, 0) is 62.4 Å². The SMILES string of the molecule is CCOC(=O)c1c(-c2ccnn2-c2ccc(C#N)cc2)n(CC)n(-c2cccc(C(F)(F)F)c2)c1=O. The second-order valence-electron chi connectivity index (χ2n) is 7.61. The van der Waals surface area contributed by atoms with E-state index >= 15 is 0 Å². The Labute approximate surface area is 203 Å². The number of halogens is 3. The van der Waals surface area contributed by atoms with E-state index in [-0.39, 0.29) is 30.1 Å². The molecule has 0 saturated heterocycles. The number of hydrogen-bond donors (Lipinski definition) is 0. The molecule has 8 nitrogen and oxygen atoms in total. The van der Waals surface area contributed by atoms with Gasteiger partial charge in [0, 0.05) is 6.54 Å². The average Bonchev–Trinajstić information content (AvgIpc) is 3.45. The van der Waals surface area contributed by atoms with Gasteiger partial charge in [-0.25, -0.2) is 14.2 Å². The molecule has 2 aromatic carbocycles. The molecule has 36 heavy (non-hydrogen) atoms. The Bertz CT molecular complexity index is 1520. The van der Waals surface area contributed by atoms with Gasteiger partial charge in [0.2, 0.25) is 0 Å². The maximum atomic E-state index is 13.6. The molecular formula is C25H20F3N5O3. The van der Waals surface area contributed by atoms with Crippen LogP contribution in [0.4, 0.5) is 13.2 Å². The summed E-state index contributed by atoms with van der Waals surface area (Å²) in [5.41, 5.74) is -0.682. The third-order valence-electron chi connectivity index (χ3n) is 5.47. The van der Waals surface area contributed by atoms with Crippen LogP contribution in [0.3, 0.4) is 0 Å². The average molecular weight is 495 g/mol. The first-order valence-corrected chi connectivity index (χ1v) is 11.0. The van der Waals surface area contributed by atoms with Gasteiger partial charge < -0.3 is 4.74 Å². The van der Waals surface area contributed by atoms with Gasteiger partial charge in [0.15, 0.2) is 5.56 Å². The lowest BCUT2D eigenvalue weighted by Gasteiger charge is -2.16. The monoisotopic (exact) mass is 495 g/mol. The molecule has 0 N–H and O–H groups in total. The van der Waals surface area contributed by atoms with Crippen LogP contribution in [0.2, 0.25) is 0 Å². The normalized spacial score (nSPS) is 11.3. The van der Waals surface area contributed by atoms with Crippen molar-refractivity contribution < 1.29 is 22.7 Å². The number of carbonyl (C=O) groups is 1.